The smallest absolute Gasteiger partial charge is 0.329 e. The average molecular weight is 402 g/mol. The molecule has 1 aliphatic rings. The summed E-state index contributed by atoms with van der Waals surface area (Å²) in [6, 6.07) is 6.92. The normalized spacial score (nSPS) is 17.6. The summed E-state index contributed by atoms with van der Waals surface area (Å²) in [4.78, 5) is 23.8. The summed E-state index contributed by atoms with van der Waals surface area (Å²) in [6.07, 6.45) is 4.68. The number of amides is 2. The molecule has 6 heteroatoms. The SMILES string of the molecule is O=C(Nc1cccc(I)c1)NC1(C(=O)O)CCCCCC1. The minimum atomic E-state index is -1.14. The lowest BCUT2D eigenvalue weighted by molar-refractivity contribution is -0.145. The Balaban J connectivity index is 2.06. The topological polar surface area (TPSA) is 78.4 Å². The maximum absolute atomic E-state index is 12.1. The van der Waals surface area contributed by atoms with Crippen molar-refractivity contribution in [1.29, 1.82) is 0 Å². The van der Waals surface area contributed by atoms with E-state index in [1.807, 2.05) is 18.2 Å². The summed E-state index contributed by atoms with van der Waals surface area (Å²) < 4.78 is 1.01. The molecule has 1 saturated carbocycles. The largest absolute Gasteiger partial charge is 0.480 e. The predicted octanol–water partition coefficient (Wildman–Crippen LogP) is 3.59. The minimum Gasteiger partial charge on any atom is -0.480 e. The van der Waals surface area contributed by atoms with Crippen LogP contribution in [0.5, 0.6) is 0 Å². The number of urea groups is 1. The predicted molar refractivity (Wildman–Crippen MR) is 89.4 cm³/mol. The Morgan fingerprint density at radius 3 is 2.38 bits per heavy atom. The Morgan fingerprint density at radius 2 is 1.81 bits per heavy atom. The number of hydrogen-bond acceptors (Lipinski definition) is 2. The Bertz CT molecular complexity index is 525. The van der Waals surface area contributed by atoms with Crippen molar-refractivity contribution in [2.75, 3.05) is 5.32 Å². The third-order valence-corrected chi connectivity index (χ3v) is 4.47. The molecule has 1 fully saturated rings. The molecule has 114 valence electrons. The molecule has 0 atom stereocenters. The number of carbonyl (C=O) groups excluding carboxylic acids is 1. The van der Waals surface area contributed by atoms with E-state index in [-0.39, 0.29) is 0 Å². The molecule has 0 bridgehead atoms. The zero-order valence-corrected chi connectivity index (χ0v) is 13.9. The van der Waals surface area contributed by atoms with E-state index in [1.165, 1.54) is 0 Å². The molecule has 0 saturated heterocycles. The Hall–Kier alpha value is -1.31. The van der Waals surface area contributed by atoms with Crippen molar-refractivity contribution in [2.45, 2.75) is 44.1 Å². The first-order chi connectivity index (χ1) is 10.0. The summed E-state index contributed by atoms with van der Waals surface area (Å²) >= 11 is 2.16. The zero-order chi connectivity index (χ0) is 15.3. The molecule has 0 aromatic heterocycles. The lowest BCUT2D eigenvalue weighted by Crippen LogP contribution is -2.55. The number of aliphatic carboxylic acids is 1. The number of halogens is 1. The summed E-state index contributed by atoms with van der Waals surface area (Å²) in [5.74, 6) is -0.942. The van der Waals surface area contributed by atoms with Crippen LogP contribution in [0.4, 0.5) is 10.5 Å². The summed E-state index contributed by atoms with van der Waals surface area (Å²) in [5, 5.41) is 14.9. The third kappa shape index (κ3) is 4.33. The quantitative estimate of drug-likeness (QED) is 0.534. The minimum absolute atomic E-state index is 0.457. The highest BCUT2D eigenvalue weighted by atomic mass is 127. The standard InChI is InChI=1S/C15H19IN2O3/c16-11-6-5-7-12(10-11)17-14(21)18-15(13(19)20)8-3-1-2-4-9-15/h5-7,10H,1-4,8-9H2,(H,19,20)(H2,17,18,21). The molecule has 2 amide bonds. The van der Waals surface area contributed by atoms with Crippen LogP contribution in [0.3, 0.4) is 0 Å². The Labute approximate surface area is 137 Å². The van der Waals surface area contributed by atoms with Crippen molar-refractivity contribution in [3.05, 3.63) is 27.8 Å². The van der Waals surface area contributed by atoms with E-state index in [9.17, 15) is 14.7 Å². The van der Waals surface area contributed by atoms with Crippen LogP contribution < -0.4 is 10.6 Å². The molecule has 2 rings (SSSR count). The molecule has 3 N–H and O–H groups in total. The summed E-state index contributed by atoms with van der Waals surface area (Å²) in [5.41, 5.74) is -0.476. The number of hydrogen-bond donors (Lipinski definition) is 3. The number of carbonyl (C=O) groups is 2. The fraction of sp³-hybridized carbons (Fsp3) is 0.467. The van der Waals surface area contributed by atoms with E-state index in [1.54, 1.807) is 6.07 Å². The second-order valence-electron chi connectivity index (χ2n) is 5.39. The van der Waals surface area contributed by atoms with Crippen molar-refractivity contribution in [2.24, 2.45) is 0 Å². The first-order valence-electron chi connectivity index (χ1n) is 7.10. The lowest BCUT2D eigenvalue weighted by atomic mass is 9.90. The third-order valence-electron chi connectivity index (χ3n) is 3.80. The van der Waals surface area contributed by atoms with E-state index >= 15 is 0 Å². The van der Waals surface area contributed by atoms with Crippen molar-refractivity contribution < 1.29 is 14.7 Å². The molecule has 0 radical (unpaired) electrons. The van der Waals surface area contributed by atoms with Gasteiger partial charge in [-0.2, -0.15) is 0 Å². The number of benzene rings is 1. The second kappa shape index (κ2) is 7.11. The van der Waals surface area contributed by atoms with Crippen LogP contribution in [0, 0.1) is 3.57 Å². The van der Waals surface area contributed by atoms with Crippen LogP contribution in [0.25, 0.3) is 0 Å². The van der Waals surface area contributed by atoms with Gasteiger partial charge in [-0.3, -0.25) is 0 Å². The Kier molecular flexibility index (Phi) is 5.44. The van der Waals surface area contributed by atoms with Crippen molar-refractivity contribution >= 4 is 40.3 Å². The van der Waals surface area contributed by atoms with Gasteiger partial charge >= 0.3 is 12.0 Å². The first-order valence-corrected chi connectivity index (χ1v) is 8.18. The van der Waals surface area contributed by atoms with Crippen molar-refractivity contribution in [3.8, 4) is 0 Å². The van der Waals surface area contributed by atoms with Gasteiger partial charge in [-0.1, -0.05) is 31.7 Å². The molecule has 1 aliphatic carbocycles. The molecule has 0 spiro atoms. The van der Waals surface area contributed by atoms with Crippen LogP contribution in [-0.4, -0.2) is 22.6 Å². The maximum atomic E-state index is 12.1. The fourth-order valence-corrected chi connectivity index (χ4v) is 3.21. The highest BCUT2D eigenvalue weighted by Crippen LogP contribution is 2.27. The van der Waals surface area contributed by atoms with Crippen LogP contribution in [0.2, 0.25) is 0 Å². The van der Waals surface area contributed by atoms with E-state index in [0.717, 1.165) is 29.3 Å². The number of carboxylic acid groups (broad SMARTS) is 1. The molecule has 1 aromatic rings. The van der Waals surface area contributed by atoms with Gasteiger partial charge in [0.05, 0.1) is 0 Å². The van der Waals surface area contributed by atoms with E-state index < -0.39 is 17.5 Å². The van der Waals surface area contributed by atoms with E-state index in [0.29, 0.717) is 18.5 Å². The van der Waals surface area contributed by atoms with Crippen LogP contribution >= 0.6 is 22.6 Å². The zero-order valence-electron chi connectivity index (χ0n) is 11.7. The summed E-state index contributed by atoms with van der Waals surface area (Å²) in [7, 11) is 0. The van der Waals surface area contributed by atoms with Gasteiger partial charge in [-0.15, -0.1) is 0 Å². The van der Waals surface area contributed by atoms with Gasteiger partial charge < -0.3 is 15.7 Å². The van der Waals surface area contributed by atoms with Gasteiger partial charge in [-0.25, -0.2) is 9.59 Å². The van der Waals surface area contributed by atoms with E-state index in [4.69, 9.17) is 0 Å². The van der Waals surface area contributed by atoms with Crippen LogP contribution in [-0.2, 0) is 4.79 Å². The average Bonchev–Trinajstić information content (AvgIpc) is 2.65. The molecule has 5 nitrogen and oxygen atoms in total. The molecular formula is C15H19IN2O3. The molecule has 0 aliphatic heterocycles. The van der Waals surface area contributed by atoms with E-state index in [2.05, 4.69) is 33.2 Å². The fourth-order valence-electron chi connectivity index (χ4n) is 2.67. The van der Waals surface area contributed by atoms with Gasteiger partial charge in [-0.05, 0) is 53.6 Å². The van der Waals surface area contributed by atoms with Gasteiger partial charge in [0.15, 0.2) is 0 Å². The number of anilines is 1. The second-order valence-corrected chi connectivity index (χ2v) is 6.64. The van der Waals surface area contributed by atoms with Gasteiger partial charge in [0.25, 0.3) is 0 Å². The van der Waals surface area contributed by atoms with Crippen LogP contribution in [0.1, 0.15) is 38.5 Å². The molecule has 0 unspecified atom stereocenters. The van der Waals surface area contributed by atoms with Gasteiger partial charge in [0.1, 0.15) is 5.54 Å². The first kappa shape index (κ1) is 16.1. The van der Waals surface area contributed by atoms with Crippen LogP contribution in [0.15, 0.2) is 24.3 Å². The van der Waals surface area contributed by atoms with Crippen molar-refractivity contribution in [3.63, 3.8) is 0 Å². The monoisotopic (exact) mass is 402 g/mol. The Morgan fingerprint density at radius 1 is 1.14 bits per heavy atom. The number of carboxylic acids is 1. The number of nitrogens with one attached hydrogen (secondary N) is 2. The number of rotatable bonds is 3. The molecular weight excluding hydrogens is 383 g/mol. The lowest BCUT2D eigenvalue weighted by Gasteiger charge is -2.29. The highest BCUT2D eigenvalue weighted by molar-refractivity contribution is 14.1. The van der Waals surface area contributed by atoms with Gasteiger partial charge in [0.2, 0.25) is 0 Å². The summed E-state index contributed by atoms with van der Waals surface area (Å²) in [6.45, 7) is 0. The molecule has 21 heavy (non-hydrogen) atoms. The maximum Gasteiger partial charge on any atom is 0.329 e. The molecule has 1 aromatic carbocycles. The van der Waals surface area contributed by atoms with Crippen molar-refractivity contribution in [1.82, 2.24) is 5.32 Å². The van der Waals surface area contributed by atoms with Gasteiger partial charge in [0, 0.05) is 9.26 Å². The molecule has 0 heterocycles. The highest BCUT2D eigenvalue weighted by Gasteiger charge is 2.40.